The lowest BCUT2D eigenvalue weighted by Crippen LogP contribution is -1.72. The Hall–Kier alpha value is 0.480. The van der Waals surface area contributed by atoms with Crippen molar-refractivity contribution < 1.29 is 4.21 Å². The Morgan fingerprint density at radius 2 is 1.67 bits per heavy atom. The second kappa shape index (κ2) is 4.64. The van der Waals surface area contributed by atoms with Gasteiger partial charge in [-0.15, -0.1) is 0 Å². The molecule has 0 saturated carbocycles. The molecule has 1 rings (SSSR count). The molecule has 0 heterocycles. The summed E-state index contributed by atoms with van der Waals surface area (Å²) in [4.78, 5) is 0. The molecule has 0 bridgehead atoms. The van der Waals surface area contributed by atoms with E-state index in [-0.39, 0.29) is 11.5 Å². The zero-order chi connectivity index (χ0) is 9.14. The van der Waals surface area contributed by atoms with Gasteiger partial charge < -0.3 is 0 Å². The summed E-state index contributed by atoms with van der Waals surface area (Å²) in [6, 6.07) is 3.67. The molecule has 1 aromatic carbocycles. The molecule has 0 aromatic heterocycles. The van der Waals surface area contributed by atoms with E-state index in [2.05, 4.69) is 52.2 Å². The molecule has 0 atom stereocenters. The van der Waals surface area contributed by atoms with Crippen molar-refractivity contribution in [3.63, 3.8) is 0 Å². The second-order valence-corrected chi connectivity index (χ2v) is 4.84. The van der Waals surface area contributed by atoms with Crippen LogP contribution in [0.5, 0.6) is 0 Å². The van der Waals surface area contributed by atoms with Crippen LogP contribution in [0.2, 0.25) is 0 Å². The van der Waals surface area contributed by atoms with Crippen molar-refractivity contribution in [3.8, 4) is 0 Å². The van der Waals surface area contributed by atoms with Gasteiger partial charge in [-0.05, 0) is 44.0 Å². The Bertz CT molecular complexity index is 339. The van der Waals surface area contributed by atoms with E-state index in [0.29, 0.717) is 5.69 Å². The van der Waals surface area contributed by atoms with Crippen molar-refractivity contribution in [3.05, 3.63) is 25.6 Å². The highest BCUT2D eigenvalue weighted by molar-refractivity contribution is 9.11. The molecule has 0 spiro atoms. The van der Waals surface area contributed by atoms with Gasteiger partial charge >= 0.3 is 0 Å². The molecular formula is C6H2Br3NOS. The lowest BCUT2D eigenvalue weighted by atomic mass is 10.3. The van der Waals surface area contributed by atoms with Crippen LogP contribution in [0, 0.1) is 0 Å². The lowest BCUT2D eigenvalue weighted by molar-refractivity contribution is 0.698. The van der Waals surface area contributed by atoms with Crippen molar-refractivity contribution in [2.24, 2.45) is 4.36 Å². The third-order valence-electron chi connectivity index (χ3n) is 1.11. The first kappa shape index (κ1) is 10.6. The molecule has 0 saturated heterocycles. The number of halogens is 3. The summed E-state index contributed by atoms with van der Waals surface area (Å²) >= 11 is 10.1. The molecule has 0 amide bonds. The van der Waals surface area contributed by atoms with Gasteiger partial charge in [0.05, 0.1) is 0 Å². The standard InChI is InChI=1S/C6H2Br3NOS/c7-3-1-4(8)6(10-12-11)5(9)2-3/h1-2H. The van der Waals surface area contributed by atoms with Crippen LogP contribution in [-0.4, -0.2) is 4.21 Å². The number of hydrogen-bond acceptors (Lipinski definition) is 2. The van der Waals surface area contributed by atoms with Gasteiger partial charge in [0.15, 0.2) is 0 Å². The third kappa shape index (κ3) is 2.48. The zero-order valence-corrected chi connectivity index (χ0v) is 11.1. The highest BCUT2D eigenvalue weighted by Gasteiger charge is 2.04. The first-order chi connectivity index (χ1) is 5.65. The third-order valence-corrected chi connectivity index (χ3v) is 3.03. The fourth-order valence-corrected chi connectivity index (χ4v) is 3.60. The highest BCUT2D eigenvalue weighted by Crippen LogP contribution is 2.36. The van der Waals surface area contributed by atoms with Crippen LogP contribution in [0.4, 0.5) is 5.69 Å². The van der Waals surface area contributed by atoms with E-state index in [1.165, 1.54) is 0 Å². The second-order valence-electron chi connectivity index (χ2n) is 1.88. The molecule has 0 fully saturated rings. The van der Waals surface area contributed by atoms with E-state index in [9.17, 15) is 4.21 Å². The summed E-state index contributed by atoms with van der Waals surface area (Å²) in [5.74, 6) is 0. The maximum atomic E-state index is 10.2. The normalized spacial score (nSPS) is 9.58. The Labute approximate surface area is 98.4 Å². The van der Waals surface area contributed by atoms with Crippen molar-refractivity contribution in [2.75, 3.05) is 0 Å². The van der Waals surface area contributed by atoms with Crippen LogP contribution in [0.25, 0.3) is 0 Å². The molecule has 0 aliphatic carbocycles. The van der Waals surface area contributed by atoms with Gasteiger partial charge in [0.25, 0.3) is 0 Å². The van der Waals surface area contributed by atoms with Gasteiger partial charge in [0.2, 0.25) is 11.5 Å². The van der Waals surface area contributed by atoms with Gasteiger partial charge in [0.1, 0.15) is 5.69 Å². The van der Waals surface area contributed by atoms with Gasteiger partial charge in [-0.3, -0.25) is 0 Å². The van der Waals surface area contributed by atoms with E-state index in [0.717, 1.165) is 13.4 Å². The summed E-state index contributed by atoms with van der Waals surface area (Å²) < 4.78 is 16.4. The number of benzene rings is 1. The van der Waals surface area contributed by atoms with E-state index >= 15 is 0 Å². The Morgan fingerprint density at radius 1 is 1.17 bits per heavy atom. The predicted octanol–water partition coefficient (Wildman–Crippen LogP) is 4.00. The van der Waals surface area contributed by atoms with Crippen LogP contribution >= 0.6 is 47.8 Å². The van der Waals surface area contributed by atoms with Crippen LogP contribution < -0.4 is 0 Å². The molecule has 0 N–H and O–H groups in total. The molecule has 0 aliphatic rings. The largest absolute Gasteiger partial charge is 0.205 e. The van der Waals surface area contributed by atoms with E-state index in [1.54, 1.807) is 0 Å². The fraction of sp³-hybridized carbons (Fsp3) is 0. The zero-order valence-electron chi connectivity index (χ0n) is 5.55. The van der Waals surface area contributed by atoms with E-state index in [4.69, 9.17) is 0 Å². The average Bonchev–Trinajstić information content (AvgIpc) is 1.96. The highest BCUT2D eigenvalue weighted by atomic mass is 79.9. The molecule has 0 aliphatic heterocycles. The number of hydrogen-bond donors (Lipinski definition) is 0. The van der Waals surface area contributed by atoms with Crippen molar-refractivity contribution in [1.82, 2.24) is 0 Å². The topological polar surface area (TPSA) is 29.4 Å². The molecule has 2 nitrogen and oxygen atoms in total. The first-order valence-corrected chi connectivity index (χ1v) is 5.87. The molecule has 12 heavy (non-hydrogen) atoms. The Kier molecular flexibility index (Phi) is 4.09. The minimum atomic E-state index is 0.189. The average molecular weight is 376 g/mol. The number of nitrogens with zero attached hydrogens (tertiary/aromatic N) is 1. The van der Waals surface area contributed by atoms with Crippen LogP contribution in [0.15, 0.2) is 29.9 Å². The summed E-state index contributed by atoms with van der Waals surface area (Å²) in [5.41, 5.74) is 0.623. The smallest absolute Gasteiger partial charge is 0.191 e. The molecule has 0 unspecified atom stereocenters. The number of rotatable bonds is 1. The van der Waals surface area contributed by atoms with E-state index < -0.39 is 0 Å². The van der Waals surface area contributed by atoms with Gasteiger partial charge in [0, 0.05) is 13.4 Å². The molecule has 1 aromatic rings. The summed E-state index contributed by atoms with van der Waals surface area (Å²) in [6.45, 7) is 0. The molecule has 6 heteroatoms. The quantitative estimate of drug-likeness (QED) is 0.729. The molecule has 0 radical (unpaired) electrons. The van der Waals surface area contributed by atoms with Crippen LogP contribution in [0.3, 0.4) is 0 Å². The van der Waals surface area contributed by atoms with E-state index in [1.807, 2.05) is 12.1 Å². The fourth-order valence-electron chi connectivity index (χ4n) is 0.659. The minimum Gasteiger partial charge on any atom is -0.191 e. The van der Waals surface area contributed by atoms with Gasteiger partial charge in [-0.2, -0.15) is 8.57 Å². The summed E-state index contributed by atoms with van der Waals surface area (Å²) in [7, 11) is 0. The Balaban J connectivity index is 3.37. The Morgan fingerprint density at radius 3 is 2.08 bits per heavy atom. The maximum absolute atomic E-state index is 10.2. The lowest BCUT2D eigenvalue weighted by Gasteiger charge is -1.99. The monoisotopic (exact) mass is 373 g/mol. The minimum absolute atomic E-state index is 0.189. The van der Waals surface area contributed by atoms with Crippen molar-refractivity contribution >= 4 is 64.9 Å². The summed E-state index contributed by atoms with van der Waals surface area (Å²) in [6.07, 6.45) is 0. The van der Waals surface area contributed by atoms with Crippen LogP contribution in [-0.2, 0) is 11.5 Å². The SMILES string of the molecule is O=S=Nc1c(Br)cc(Br)cc1Br. The molecular weight excluding hydrogens is 374 g/mol. The first-order valence-electron chi connectivity index (χ1n) is 2.79. The predicted molar refractivity (Wildman–Crippen MR) is 59.8 cm³/mol. The van der Waals surface area contributed by atoms with Crippen molar-refractivity contribution in [2.45, 2.75) is 0 Å². The maximum Gasteiger partial charge on any atom is 0.205 e. The van der Waals surface area contributed by atoms with Crippen LogP contribution in [0.1, 0.15) is 0 Å². The van der Waals surface area contributed by atoms with Gasteiger partial charge in [-0.1, -0.05) is 15.9 Å². The summed E-state index contributed by atoms with van der Waals surface area (Å²) in [5, 5.41) is 0. The molecule has 64 valence electrons. The van der Waals surface area contributed by atoms with Crippen molar-refractivity contribution in [1.29, 1.82) is 0 Å². The van der Waals surface area contributed by atoms with Gasteiger partial charge in [-0.25, -0.2) is 0 Å².